The van der Waals surface area contributed by atoms with Crippen LogP contribution in [0.15, 0.2) is 23.6 Å². The average Bonchev–Trinajstić information content (AvgIpc) is 3.08. The largest absolute Gasteiger partial charge is 0.462 e. The third-order valence-corrected chi connectivity index (χ3v) is 4.13. The van der Waals surface area contributed by atoms with Crippen LogP contribution in [0.2, 0.25) is 0 Å². The van der Waals surface area contributed by atoms with Gasteiger partial charge in [0.1, 0.15) is 0 Å². The molecule has 0 radical (unpaired) electrons. The summed E-state index contributed by atoms with van der Waals surface area (Å²) in [7, 11) is 1.83. The van der Waals surface area contributed by atoms with Crippen LogP contribution in [-0.2, 0) is 11.8 Å². The molecule has 0 saturated carbocycles. The van der Waals surface area contributed by atoms with Gasteiger partial charge < -0.3 is 4.74 Å². The van der Waals surface area contributed by atoms with Gasteiger partial charge in [-0.2, -0.15) is 5.10 Å². The van der Waals surface area contributed by atoms with Crippen LogP contribution < -0.4 is 0 Å². The third-order valence-electron chi connectivity index (χ3n) is 3.24. The first-order valence-electron chi connectivity index (χ1n) is 6.67. The average molecular weight is 301 g/mol. The molecule has 5 nitrogen and oxygen atoms in total. The maximum atomic E-state index is 12.3. The third kappa shape index (κ3) is 2.31. The lowest BCUT2D eigenvalue weighted by molar-refractivity contribution is 0.0528. The lowest BCUT2D eigenvalue weighted by Crippen LogP contribution is -2.07. The van der Waals surface area contributed by atoms with Crippen LogP contribution in [0.4, 0.5) is 0 Å². The highest BCUT2D eigenvalue weighted by molar-refractivity contribution is 7.13. The zero-order valence-corrected chi connectivity index (χ0v) is 12.9. The van der Waals surface area contributed by atoms with Crippen LogP contribution in [0, 0.1) is 6.92 Å². The van der Waals surface area contributed by atoms with Crippen molar-refractivity contribution in [3.63, 3.8) is 0 Å². The molecule has 0 aliphatic rings. The summed E-state index contributed by atoms with van der Waals surface area (Å²) in [5, 5.41) is 7.11. The maximum absolute atomic E-state index is 12.3. The number of rotatable bonds is 3. The van der Waals surface area contributed by atoms with Crippen molar-refractivity contribution in [3.05, 3.63) is 34.8 Å². The maximum Gasteiger partial charge on any atom is 0.339 e. The molecule has 0 amide bonds. The van der Waals surface area contributed by atoms with Crippen molar-refractivity contribution < 1.29 is 9.53 Å². The molecule has 108 valence electrons. The molecule has 0 aliphatic heterocycles. The van der Waals surface area contributed by atoms with Crippen molar-refractivity contribution in [1.82, 2.24) is 14.8 Å². The monoisotopic (exact) mass is 301 g/mol. The van der Waals surface area contributed by atoms with Gasteiger partial charge in [-0.05, 0) is 31.4 Å². The lowest BCUT2D eigenvalue weighted by Gasteiger charge is -2.06. The van der Waals surface area contributed by atoms with Gasteiger partial charge in [0.25, 0.3) is 0 Å². The van der Waals surface area contributed by atoms with E-state index in [0.717, 1.165) is 21.7 Å². The molecule has 21 heavy (non-hydrogen) atoms. The van der Waals surface area contributed by atoms with Gasteiger partial charge in [-0.25, -0.2) is 9.78 Å². The Bertz CT molecular complexity index is 806. The molecular formula is C15H15N3O2S. The Kier molecular flexibility index (Phi) is 3.47. The Balaban J connectivity index is 2.29. The highest BCUT2D eigenvalue weighted by atomic mass is 32.1. The Morgan fingerprint density at radius 2 is 2.29 bits per heavy atom. The first kappa shape index (κ1) is 13.8. The van der Waals surface area contributed by atoms with E-state index in [0.29, 0.717) is 17.8 Å². The molecule has 0 saturated heterocycles. The van der Waals surface area contributed by atoms with Crippen LogP contribution in [0.25, 0.3) is 21.6 Å². The molecule has 6 heteroatoms. The van der Waals surface area contributed by atoms with Gasteiger partial charge in [-0.3, -0.25) is 4.68 Å². The summed E-state index contributed by atoms with van der Waals surface area (Å²) in [6.45, 7) is 4.01. The van der Waals surface area contributed by atoms with Crippen LogP contribution in [0.5, 0.6) is 0 Å². The summed E-state index contributed by atoms with van der Waals surface area (Å²) in [6, 6.07) is 5.74. The van der Waals surface area contributed by atoms with Gasteiger partial charge in [0.15, 0.2) is 5.65 Å². The molecule has 0 fully saturated rings. The van der Waals surface area contributed by atoms with E-state index in [-0.39, 0.29) is 5.97 Å². The second kappa shape index (κ2) is 5.29. The highest BCUT2D eigenvalue weighted by Gasteiger charge is 2.20. The molecule has 3 aromatic heterocycles. The van der Waals surface area contributed by atoms with E-state index < -0.39 is 0 Å². The summed E-state index contributed by atoms with van der Waals surface area (Å²) in [6.07, 6.45) is 0. The van der Waals surface area contributed by atoms with E-state index in [4.69, 9.17) is 4.74 Å². The van der Waals surface area contributed by atoms with Crippen LogP contribution in [0.3, 0.4) is 0 Å². The molecule has 0 bridgehead atoms. The standard InChI is InChI=1S/C15H15N3O2S/c1-4-20-15(19)10-8-11(12-6-5-7-21-12)16-14-13(10)9(2)17-18(14)3/h5-8H,4H2,1-3H3. The number of hydrogen-bond donors (Lipinski definition) is 0. The van der Waals surface area contributed by atoms with Crippen LogP contribution >= 0.6 is 11.3 Å². The Labute approximate surface area is 126 Å². The van der Waals surface area contributed by atoms with Gasteiger partial charge in [0.05, 0.1) is 33.8 Å². The van der Waals surface area contributed by atoms with Gasteiger partial charge in [0.2, 0.25) is 0 Å². The number of aryl methyl sites for hydroxylation is 2. The molecule has 3 heterocycles. The Morgan fingerprint density at radius 1 is 1.48 bits per heavy atom. The van der Waals surface area contributed by atoms with Crippen molar-refractivity contribution in [2.24, 2.45) is 7.05 Å². The topological polar surface area (TPSA) is 57.0 Å². The number of esters is 1. The number of carbonyl (C=O) groups is 1. The number of pyridine rings is 1. The van der Waals surface area contributed by atoms with E-state index in [9.17, 15) is 4.79 Å². The quantitative estimate of drug-likeness (QED) is 0.697. The minimum absolute atomic E-state index is 0.334. The van der Waals surface area contributed by atoms with Crippen molar-refractivity contribution in [3.8, 4) is 10.6 Å². The van der Waals surface area contributed by atoms with Crippen LogP contribution in [0.1, 0.15) is 23.0 Å². The van der Waals surface area contributed by atoms with E-state index in [2.05, 4.69) is 10.1 Å². The number of thiophene rings is 1. The van der Waals surface area contributed by atoms with Gasteiger partial charge in [-0.1, -0.05) is 6.07 Å². The molecule has 0 N–H and O–H groups in total. The lowest BCUT2D eigenvalue weighted by atomic mass is 10.1. The van der Waals surface area contributed by atoms with E-state index >= 15 is 0 Å². The minimum atomic E-state index is -0.334. The minimum Gasteiger partial charge on any atom is -0.462 e. The van der Waals surface area contributed by atoms with Crippen molar-refractivity contribution in [1.29, 1.82) is 0 Å². The molecule has 0 aromatic carbocycles. The molecule has 0 aliphatic carbocycles. The first-order valence-corrected chi connectivity index (χ1v) is 7.55. The zero-order valence-electron chi connectivity index (χ0n) is 12.1. The SMILES string of the molecule is CCOC(=O)c1cc(-c2cccs2)nc2c1c(C)nn2C. The Morgan fingerprint density at radius 3 is 2.95 bits per heavy atom. The smallest absolute Gasteiger partial charge is 0.339 e. The molecule has 0 spiro atoms. The summed E-state index contributed by atoms with van der Waals surface area (Å²) in [5.74, 6) is -0.334. The van der Waals surface area contributed by atoms with Gasteiger partial charge in [-0.15, -0.1) is 11.3 Å². The number of aromatic nitrogens is 3. The van der Waals surface area contributed by atoms with Crippen molar-refractivity contribution >= 4 is 28.3 Å². The summed E-state index contributed by atoms with van der Waals surface area (Å²) in [4.78, 5) is 17.9. The number of nitrogens with zero attached hydrogens (tertiary/aromatic N) is 3. The van der Waals surface area contributed by atoms with E-state index in [1.165, 1.54) is 0 Å². The number of fused-ring (bicyclic) bond motifs is 1. The van der Waals surface area contributed by atoms with Crippen molar-refractivity contribution in [2.75, 3.05) is 6.61 Å². The van der Waals surface area contributed by atoms with E-state index in [1.54, 1.807) is 29.0 Å². The molecule has 0 atom stereocenters. The fraction of sp³-hybridized carbons (Fsp3) is 0.267. The Hall–Kier alpha value is -2.21. The first-order chi connectivity index (χ1) is 10.1. The normalized spacial score (nSPS) is 11.0. The van der Waals surface area contributed by atoms with Gasteiger partial charge in [0, 0.05) is 7.05 Å². The molecule has 0 unspecified atom stereocenters. The second-order valence-electron chi connectivity index (χ2n) is 4.66. The van der Waals surface area contributed by atoms with Crippen LogP contribution in [-0.4, -0.2) is 27.3 Å². The number of ether oxygens (including phenoxy) is 1. The molecular weight excluding hydrogens is 286 g/mol. The summed E-state index contributed by atoms with van der Waals surface area (Å²) < 4.78 is 6.87. The highest BCUT2D eigenvalue weighted by Crippen LogP contribution is 2.29. The summed E-state index contributed by atoms with van der Waals surface area (Å²) >= 11 is 1.59. The molecule has 3 rings (SSSR count). The molecule has 3 aromatic rings. The summed E-state index contributed by atoms with van der Waals surface area (Å²) in [5.41, 5.74) is 2.77. The van der Waals surface area contributed by atoms with E-state index in [1.807, 2.05) is 31.5 Å². The number of hydrogen-bond acceptors (Lipinski definition) is 5. The fourth-order valence-electron chi connectivity index (χ4n) is 2.37. The number of carbonyl (C=O) groups excluding carboxylic acids is 1. The second-order valence-corrected chi connectivity index (χ2v) is 5.61. The van der Waals surface area contributed by atoms with Gasteiger partial charge >= 0.3 is 5.97 Å². The predicted molar refractivity (Wildman–Crippen MR) is 82.5 cm³/mol. The predicted octanol–water partition coefficient (Wildman–Crippen LogP) is 3.18. The van der Waals surface area contributed by atoms with Crippen molar-refractivity contribution in [2.45, 2.75) is 13.8 Å². The zero-order chi connectivity index (χ0) is 15.0. The fourth-order valence-corrected chi connectivity index (χ4v) is 3.05.